The lowest BCUT2D eigenvalue weighted by Crippen LogP contribution is -2.05. The van der Waals surface area contributed by atoms with Crippen molar-refractivity contribution in [3.8, 4) is 0 Å². The maximum absolute atomic E-state index is 12.7. The third-order valence-electron chi connectivity index (χ3n) is 5.25. The molecular formula is C21H18O3. The summed E-state index contributed by atoms with van der Waals surface area (Å²) in [4.78, 5) is 23.3. The van der Waals surface area contributed by atoms with Gasteiger partial charge in [-0.1, -0.05) is 36.4 Å². The van der Waals surface area contributed by atoms with Gasteiger partial charge in [0, 0.05) is 17.2 Å². The molecule has 2 aliphatic rings. The molecule has 2 atom stereocenters. The van der Waals surface area contributed by atoms with Gasteiger partial charge in [0.05, 0.1) is 0 Å². The lowest BCUT2D eigenvalue weighted by atomic mass is 9.89. The summed E-state index contributed by atoms with van der Waals surface area (Å²) in [6, 6.07) is 13.2. The summed E-state index contributed by atoms with van der Waals surface area (Å²) in [5.74, 6) is 0.382. The number of fused-ring (bicyclic) bond motifs is 5. The highest BCUT2D eigenvalue weighted by molar-refractivity contribution is 6.09. The number of hydrogen-bond acceptors (Lipinski definition) is 2. The Labute approximate surface area is 140 Å². The minimum absolute atomic E-state index is 0.0225. The van der Waals surface area contributed by atoms with Crippen LogP contribution in [-0.2, 0) is 4.79 Å². The molecule has 0 aromatic heterocycles. The molecule has 0 saturated heterocycles. The number of ketones is 1. The zero-order valence-corrected chi connectivity index (χ0v) is 13.2. The van der Waals surface area contributed by atoms with Crippen LogP contribution < -0.4 is 0 Å². The number of carboxylic acid groups (broad SMARTS) is 1. The van der Waals surface area contributed by atoms with Gasteiger partial charge in [-0.15, -0.1) is 0 Å². The Morgan fingerprint density at radius 2 is 1.58 bits per heavy atom. The Bertz CT molecular complexity index is 846. The SMILES string of the molecule is O=C(O)/C=C/c1ccc(C(=O)c2ccc3c(c2)C2CCC3C2)cc1. The lowest BCUT2D eigenvalue weighted by Gasteiger charge is -2.15. The molecule has 1 saturated carbocycles. The molecule has 2 unspecified atom stereocenters. The van der Waals surface area contributed by atoms with Gasteiger partial charge in [-0.2, -0.15) is 0 Å². The number of carbonyl (C=O) groups excluding carboxylic acids is 1. The second-order valence-corrected chi connectivity index (χ2v) is 6.67. The number of carbonyl (C=O) groups is 2. The Kier molecular flexibility index (Phi) is 3.57. The average Bonchev–Trinajstić information content (AvgIpc) is 3.22. The van der Waals surface area contributed by atoms with Crippen LogP contribution >= 0.6 is 0 Å². The fourth-order valence-electron chi connectivity index (χ4n) is 4.07. The van der Waals surface area contributed by atoms with Crippen LogP contribution in [0.4, 0.5) is 0 Å². The van der Waals surface area contributed by atoms with Crippen LogP contribution in [0.3, 0.4) is 0 Å². The molecule has 2 aromatic rings. The van der Waals surface area contributed by atoms with Crippen LogP contribution in [-0.4, -0.2) is 16.9 Å². The Morgan fingerprint density at radius 3 is 2.29 bits per heavy atom. The fraction of sp³-hybridized carbons (Fsp3) is 0.238. The lowest BCUT2D eigenvalue weighted by molar-refractivity contribution is -0.131. The first-order chi connectivity index (χ1) is 11.6. The minimum atomic E-state index is -0.984. The van der Waals surface area contributed by atoms with Gasteiger partial charge in [0.25, 0.3) is 0 Å². The van der Waals surface area contributed by atoms with Gasteiger partial charge < -0.3 is 5.11 Å². The van der Waals surface area contributed by atoms with Crippen LogP contribution in [0, 0.1) is 0 Å². The topological polar surface area (TPSA) is 54.4 Å². The smallest absolute Gasteiger partial charge is 0.328 e. The molecule has 3 nitrogen and oxygen atoms in total. The molecular weight excluding hydrogens is 300 g/mol. The molecule has 24 heavy (non-hydrogen) atoms. The monoisotopic (exact) mass is 318 g/mol. The first-order valence-electron chi connectivity index (χ1n) is 8.31. The van der Waals surface area contributed by atoms with Crippen LogP contribution in [0.1, 0.15) is 63.7 Å². The number of aliphatic carboxylic acids is 1. The van der Waals surface area contributed by atoms with Crippen molar-refractivity contribution in [2.24, 2.45) is 0 Å². The normalized spacial score (nSPS) is 21.2. The summed E-state index contributed by atoms with van der Waals surface area (Å²) in [6.45, 7) is 0. The van der Waals surface area contributed by atoms with Crippen molar-refractivity contribution in [1.82, 2.24) is 0 Å². The van der Waals surface area contributed by atoms with Gasteiger partial charge in [0.15, 0.2) is 5.78 Å². The minimum Gasteiger partial charge on any atom is -0.478 e. The second-order valence-electron chi connectivity index (χ2n) is 6.67. The van der Waals surface area contributed by atoms with E-state index in [2.05, 4.69) is 12.1 Å². The van der Waals surface area contributed by atoms with E-state index < -0.39 is 5.97 Å². The van der Waals surface area contributed by atoms with E-state index in [0.29, 0.717) is 17.4 Å². The van der Waals surface area contributed by atoms with Crippen LogP contribution in [0.25, 0.3) is 6.08 Å². The van der Waals surface area contributed by atoms with Crippen LogP contribution in [0.15, 0.2) is 48.5 Å². The molecule has 0 aliphatic heterocycles. The van der Waals surface area contributed by atoms with Gasteiger partial charge in [-0.3, -0.25) is 4.79 Å². The maximum atomic E-state index is 12.7. The second kappa shape index (κ2) is 5.75. The van der Waals surface area contributed by atoms with E-state index >= 15 is 0 Å². The molecule has 0 heterocycles. The predicted molar refractivity (Wildman–Crippen MR) is 92.3 cm³/mol. The highest BCUT2D eigenvalue weighted by Crippen LogP contribution is 2.53. The summed E-state index contributed by atoms with van der Waals surface area (Å²) in [6.07, 6.45) is 6.39. The molecule has 0 spiro atoms. The molecule has 0 amide bonds. The fourth-order valence-corrected chi connectivity index (χ4v) is 4.07. The first kappa shape index (κ1) is 14.9. The van der Waals surface area contributed by atoms with E-state index in [1.807, 2.05) is 6.07 Å². The molecule has 1 N–H and O–H groups in total. The molecule has 2 aliphatic carbocycles. The Morgan fingerprint density at radius 1 is 0.917 bits per heavy atom. The van der Waals surface area contributed by atoms with E-state index in [4.69, 9.17) is 5.11 Å². The molecule has 4 rings (SSSR count). The van der Waals surface area contributed by atoms with Crippen molar-refractivity contribution < 1.29 is 14.7 Å². The average molecular weight is 318 g/mol. The van der Waals surface area contributed by atoms with Gasteiger partial charge in [-0.05, 0) is 59.9 Å². The van der Waals surface area contributed by atoms with Crippen molar-refractivity contribution in [1.29, 1.82) is 0 Å². The molecule has 1 fully saturated rings. The predicted octanol–water partition coefficient (Wildman–Crippen LogP) is 4.38. The number of hydrogen-bond donors (Lipinski definition) is 1. The summed E-state index contributed by atoms with van der Waals surface area (Å²) in [5, 5.41) is 8.65. The number of carboxylic acids is 1. The largest absolute Gasteiger partial charge is 0.478 e. The zero-order valence-electron chi connectivity index (χ0n) is 13.2. The highest BCUT2D eigenvalue weighted by atomic mass is 16.4. The van der Waals surface area contributed by atoms with Gasteiger partial charge in [0.2, 0.25) is 0 Å². The molecule has 3 heteroatoms. The Hall–Kier alpha value is -2.68. The number of benzene rings is 2. The van der Waals surface area contributed by atoms with Gasteiger partial charge >= 0.3 is 5.97 Å². The highest BCUT2D eigenvalue weighted by Gasteiger charge is 2.36. The van der Waals surface area contributed by atoms with E-state index in [-0.39, 0.29) is 5.78 Å². The summed E-state index contributed by atoms with van der Waals surface area (Å²) in [5.41, 5.74) is 4.95. The standard InChI is InChI=1S/C21H18O3/c22-20(23)10-3-13-1-4-14(5-2-13)21(24)17-8-9-18-15-6-7-16(11-15)19(18)12-17/h1-5,8-10,12,15-16H,6-7,11H2,(H,22,23)/b10-3+. The van der Waals surface area contributed by atoms with Crippen LogP contribution in [0.2, 0.25) is 0 Å². The summed E-state index contributed by atoms with van der Waals surface area (Å²) >= 11 is 0. The van der Waals surface area contributed by atoms with Crippen molar-refractivity contribution in [3.63, 3.8) is 0 Å². The third-order valence-corrected chi connectivity index (χ3v) is 5.25. The van der Waals surface area contributed by atoms with E-state index in [0.717, 1.165) is 17.2 Å². The quantitative estimate of drug-likeness (QED) is 0.672. The van der Waals surface area contributed by atoms with E-state index in [1.165, 1.54) is 36.5 Å². The summed E-state index contributed by atoms with van der Waals surface area (Å²) in [7, 11) is 0. The zero-order chi connectivity index (χ0) is 16.7. The van der Waals surface area contributed by atoms with Crippen molar-refractivity contribution >= 4 is 17.8 Å². The molecule has 120 valence electrons. The molecule has 2 bridgehead atoms. The van der Waals surface area contributed by atoms with Crippen molar-refractivity contribution in [2.45, 2.75) is 31.1 Å². The number of rotatable bonds is 4. The van der Waals surface area contributed by atoms with Crippen LogP contribution in [0.5, 0.6) is 0 Å². The van der Waals surface area contributed by atoms with Gasteiger partial charge in [0.1, 0.15) is 0 Å². The van der Waals surface area contributed by atoms with Crippen molar-refractivity contribution in [3.05, 3.63) is 76.4 Å². The van der Waals surface area contributed by atoms with E-state index in [1.54, 1.807) is 24.3 Å². The summed E-state index contributed by atoms with van der Waals surface area (Å²) < 4.78 is 0. The van der Waals surface area contributed by atoms with E-state index in [9.17, 15) is 9.59 Å². The first-order valence-corrected chi connectivity index (χ1v) is 8.31. The van der Waals surface area contributed by atoms with Gasteiger partial charge in [-0.25, -0.2) is 4.79 Å². The molecule has 0 radical (unpaired) electrons. The maximum Gasteiger partial charge on any atom is 0.328 e. The molecule has 2 aromatic carbocycles. The third kappa shape index (κ3) is 2.56. The Balaban J connectivity index is 1.58. The van der Waals surface area contributed by atoms with Crippen molar-refractivity contribution in [2.75, 3.05) is 0 Å².